The second-order valence-corrected chi connectivity index (χ2v) is 5.98. The van der Waals surface area contributed by atoms with E-state index in [9.17, 15) is 4.79 Å². The number of hydrogen-bond donors (Lipinski definition) is 1. The highest BCUT2D eigenvalue weighted by Crippen LogP contribution is 2.24. The van der Waals surface area contributed by atoms with Gasteiger partial charge in [0.05, 0.1) is 0 Å². The Hall–Kier alpha value is -2.78. The number of anilines is 1. The van der Waals surface area contributed by atoms with Crippen molar-refractivity contribution in [2.45, 2.75) is 6.42 Å². The summed E-state index contributed by atoms with van der Waals surface area (Å²) in [5.74, 6) is 1.61. The second-order valence-electron chi connectivity index (χ2n) is 5.55. The lowest BCUT2D eigenvalue weighted by molar-refractivity contribution is 0.0986. The number of carbonyl (C=O) groups is 1. The maximum absolute atomic E-state index is 12.0. The molecule has 0 aliphatic carbocycles. The molecular weight excluding hydrogens is 334 g/mol. The number of ketones is 1. The Labute approximate surface area is 152 Å². The Balaban J connectivity index is 1.49. The van der Waals surface area contributed by atoms with Crippen LogP contribution in [0.5, 0.6) is 11.5 Å². The summed E-state index contributed by atoms with van der Waals surface area (Å²) < 4.78 is 5.75. The number of ether oxygens (including phenoxy) is 1. The average molecular weight is 352 g/mol. The molecule has 0 amide bonds. The van der Waals surface area contributed by atoms with Crippen LogP contribution in [-0.4, -0.2) is 12.3 Å². The van der Waals surface area contributed by atoms with Crippen molar-refractivity contribution in [2.75, 3.05) is 11.9 Å². The zero-order valence-corrected chi connectivity index (χ0v) is 14.4. The van der Waals surface area contributed by atoms with E-state index in [-0.39, 0.29) is 5.78 Å². The zero-order valence-electron chi connectivity index (χ0n) is 13.6. The number of halogens is 1. The molecule has 0 radical (unpaired) electrons. The van der Waals surface area contributed by atoms with Gasteiger partial charge in [0.2, 0.25) is 0 Å². The van der Waals surface area contributed by atoms with Gasteiger partial charge in [0, 0.05) is 29.2 Å². The van der Waals surface area contributed by atoms with Crippen molar-refractivity contribution in [2.24, 2.45) is 0 Å². The zero-order chi connectivity index (χ0) is 17.5. The van der Waals surface area contributed by atoms with Crippen LogP contribution in [0, 0.1) is 0 Å². The Morgan fingerprint density at radius 2 is 1.44 bits per heavy atom. The van der Waals surface area contributed by atoms with E-state index in [4.69, 9.17) is 16.3 Å². The molecule has 0 atom stereocenters. The van der Waals surface area contributed by atoms with Gasteiger partial charge in [-0.15, -0.1) is 0 Å². The lowest BCUT2D eigenvalue weighted by Gasteiger charge is -2.09. The highest BCUT2D eigenvalue weighted by molar-refractivity contribution is 6.30. The minimum Gasteiger partial charge on any atom is -0.457 e. The summed E-state index contributed by atoms with van der Waals surface area (Å²) in [5, 5.41) is 3.93. The maximum Gasteiger partial charge on any atom is 0.164 e. The minimum absolute atomic E-state index is 0.135. The Morgan fingerprint density at radius 3 is 2.08 bits per heavy atom. The molecule has 0 aromatic heterocycles. The fraction of sp³-hybridized carbons (Fsp3) is 0.0952. The van der Waals surface area contributed by atoms with Crippen LogP contribution in [0.25, 0.3) is 0 Å². The number of nitrogens with one attached hydrogen (secondary N) is 1. The summed E-state index contributed by atoms with van der Waals surface area (Å²) >= 11 is 5.86. The van der Waals surface area contributed by atoms with Gasteiger partial charge in [0.25, 0.3) is 0 Å². The van der Waals surface area contributed by atoms with Gasteiger partial charge in [0.15, 0.2) is 5.78 Å². The molecule has 3 aromatic carbocycles. The molecule has 25 heavy (non-hydrogen) atoms. The monoisotopic (exact) mass is 351 g/mol. The fourth-order valence-electron chi connectivity index (χ4n) is 2.37. The van der Waals surface area contributed by atoms with Crippen LogP contribution < -0.4 is 10.1 Å². The summed E-state index contributed by atoms with van der Waals surface area (Å²) in [6, 6.07) is 24.2. The second kappa shape index (κ2) is 8.36. The number of rotatable bonds is 7. The molecule has 3 nitrogen and oxygen atoms in total. The predicted octanol–water partition coefficient (Wildman–Crippen LogP) is 5.82. The van der Waals surface area contributed by atoms with E-state index >= 15 is 0 Å². The Morgan fingerprint density at radius 1 is 0.840 bits per heavy atom. The number of carbonyl (C=O) groups excluding carboxylic acids is 1. The van der Waals surface area contributed by atoms with Crippen molar-refractivity contribution < 1.29 is 9.53 Å². The first kappa shape index (κ1) is 17.1. The van der Waals surface area contributed by atoms with Crippen LogP contribution in [0.15, 0.2) is 78.9 Å². The highest BCUT2D eigenvalue weighted by atomic mass is 35.5. The fourth-order valence-corrected chi connectivity index (χ4v) is 2.49. The SMILES string of the molecule is O=C(CCNc1ccc(Oc2ccc(Cl)cc2)cc1)c1ccccc1. The largest absolute Gasteiger partial charge is 0.457 e. The topological polar surface area (TPSA) is 38.3 Å². The molecule has 3 aromatic rings. The Bertz CT molecular complexity index is 815. The third-order valence-corrected chi connectivity index (χ3v) is 3.93. The molecule has 0 saturated heterocycles. The number of benzene rings is 3. The highest BCUT2D eigenvalue weighted by Gasteiger charge is 2.04. The van der Waals surface area contributed by atoms with Gasteiger partial charge in [-0.3, -0.25) is 4.79 Å². The minimum atomic E-state index is 0.135. The molecule has 0 saturated carbocycles. The first-order valence-electron chi connectivity index (χ1n) is 8.06. The molecule has 0 aliphatic rings. The third kappa shape index (κ3) is 5.10. The first-order chi connectivity index (χ1) is 12.2. The van der Waals surface area contributed by atoms with E-state index in [0.29, 0.717) is 18.0 Å². The lowest BCUT2D eigenvalue weighted by atomic mass is 10.1. The molecule has 3 rings (SSSR count). The van der Waals surface area contributed by atoms with Crippen molar-refractivity contribution in [3.8, 4) is 11.5 Å². The van der Waals surface area contributed by atoms with E-state index in [1.807, 2.05) is 66.7 Å². The van der Waals surface area contributed by atoms with Crippen molar-refractivity contribution in [3.63, 3.8) is 0 Å². The van der Waals surface area contributed by atoms with Crippen molar-refractivity contribution in [3.05, 3.63) is 89.4 Å². The Kier molecular flexibility index (Phi) is 5.70. The van der Waals surface area contributed by atoms with Crippen LogP contribution in [0.3, 0.4) is 0 Å². The van der Waals surface area contributed by atoms with E-state index in [1.54, 1.807) is 12.1 Å². The van der Waals surface area contributed by atoms with Gasteiger partial charge in [0.1, 0.15) is 11.5 Å². The van der Waals surface area contributed by atoms with E-state index in [0.717, 1.165) is 22.7 Å². The van der Waals surface area contributed by atoms with E-state index < -0.39 is 0 Å². The summed E-state index contributed by atoms with van der Waals surface area (Å²) in [6.45, 7) is 0.588. The smallest absolute Gasteiger partial charge is 0.164 e. The molecule has 0 bridgehead atoms. The molecule has 4 heteroatoms. The molecule has 0 unspecified atom stereocenters. The van der Waals surface area contributed by atoms with Crippen LogP contribution >= 0.6 is 11.6 Å². The van der Waals surface area contributed by atoms with Crippen LogP contribution in [0.1, 0.15) is 16.8 Å². The maximum atomic E-state index is 12.0. The summed E-state index contributed by atoms with van der Waals surface area (Å²) in [7, 11) is 0. The van der Waals surface area contributed by atoms with Gasteiger partial charge in [-0.25, -0.2) is 0 Å². The van der Waals surface area contributed by atoms with Gasteiger partial charge in [-0.2, -0.15) is 0 Å². The van der Waals surface area contributed by atoms with E-state index in [2.05, 4.69) is 5.32 Å². The molecule has 0 fully saturated rings. The molecular formula is C21H18ClNO2. The summed E-state index contributed by atoms with van der Waals surface area (Å²) in [4.78, 5) is 12.0. The summed E-state index contributed by atoms with van der Waals surface area (Å²) in [5.41, 5.74) is 1.69. The van der Waals surface area contributed by atoms with Crippen molar-refractivity contribution in [1.29, 1.82) is 0 Å². The number of hydrogen-bond acceptors (Lipinski definition) is 3. The molecule has 0 heterocycles. The third-order valence-electron chi connectivity index (χ3n) is 3.68. The van der Waals surface area contributed by atoms with Gasteiger partial charge >= 0.3 is 0 Å². The predicted molar refractivity (Wildman–Crippen MR) is 102 cm³/mol. The molecule has 126 valence electrons. The van der Waals surface area contributed by atoms with Crippen molar-refractivity contribution >= 4 is 23.1 Å². The quantitative estimate of drug-likeness (QED) is 0.545. The first-order valence-corrected chi connectivity index (χ1v) is 8.44. The molecule has 0 aliphatic heterocycles. The summed E-state index contributed by atoms with van der Waals surface area (Å²) in [6.07, 6.45) is 0.451. The van der Waals surface area contributed by atoms with Gasteiger partial charge < -0.3 is 10.1 Å². The van der Waals surface area contributed by atoms with Crippen LogP contribution in [-0.2, 0) is 0 Å². The van der Waals surface area contributed by atoms with Crippen molar-refractivity contribution in [1.82, 2.24) is 0 Å². The van der Waals surface area contributed by atoms with Gasteiger partial charge in [-0.05, 0) is 48.5 Å². The normalized spacial score (nSPS) is 10.3. The lowest BCUT2D eigenvalue weighted by Crippen LogP contribution is -2.08. The van der Waals surface area contributed by atoms with Crippen LogP contribution in [0.2, 0.25) is 5.02 Å². The molecule has 1 N–H and O–H groups in total. The van der Waals surface area contributed by atoms with E-state index in [1.165, 1.54) is 0 Å². The standard InChI is InChI=1S/C21H18ClNO2/c22-17-6-10-19(11-7-17)25-20-12-8-18(9-13-20)23-15-14-21(24)16-4-2-1-3-5-16/h1-13,23H,14-15H2. The van der Waals surface area contributed by atoms with Crippen LogP contribution in [0.4, 0.5) is 5.69 Å². The molecule has 0 spiro atoms. The average Bonchev–Trinajstić information content (AvgIpc) is 2.66. The number of Topliss-reactive ketones (excluding diaryl/α,β-unsaturated/α-hetero) is 1. The van der Waals surface area contributed by atoms with Gasteiger partial charge in [-0.1, -0.05) is 41.9 Å².